The Hall–Kier alpha value is 0.240. The van der Waals surface area contributed by atoms with Gasteiger partial charge in [-0.15, -0.1) is 0 Å². The first-order valence-corrected chi connectivity index (χ1v) is 5.35. The predicted octanol–water partition coefficient (Wildman–Crippen LogP) is 1.76. The van der Waals surface area contributed by atoms with Crippen molar-refractivity contribution in [1.82, 2.24) is 4.90 Å². The number of β-amino-alcohol motifs (C(OH)–C–C–N with tert-alkyl or cyclic N) is 1. The largest absolute Gasteiger partial charge is 0.387 e. The number of nitrogens with zero attached hydrogens (tertiary/aromatic N) is 1. The molecule has 0 unspecified atom stereocenters. The molecule has 0 radical (unpaired) electrons. The molecule has 1 heterocycles. The lowest BCUT2D eigenvalue weighted by molar-refractivity contribution is -0.108. The SMILES string of the molecule is OC1(C2CC2)CN(CC(Cl)=CCl)C1. The first-order chi connectivity index (χ1) is 6.14. The molecule has 2 aliphatic rings. The Balaban J connectivity index is 1.77. The van der Waals surface area contributed by atoms with E-state index in [9.17, 15) is 5.11 Å². The van der Waals surface area contributed by atoms with Gasteiger partial charge in [-0.2, -0.15) is 0 Å². The van der Waals surface area contributed by atoms with Crippen LogP contribution in [0.3, 0.4) is 0 Å². The van der Waals surface area contributed by atoms with Crippen molar-refractivity contribution in [1.29, 1.82) is 0 Å². The van der Waals surface area contributed by atoms with Gasteiger partial charge in [-0.25, -0.2) is 0 Å². The molecular weight excluding hydrogens is 209 g/mol. The average Bonchev–Trinajstić information content (AvgIpc) is 2.83. The van der Waals surface area contributed by atoms with Crippen molar-refractivity contribution in [2.45, 2.75) is 18.4 Å². The lowest BCUT2D eigenvalue weighted by Crippen LogP contribution is -2.63. The van der Waals surface area contributed by atoms with Gasteiger partial charge in [0.25, 0.3) is 0 Å². The van der Waals surface area contributed by atoms with Crippen molar-refractivity contribution >= 4 is 23.2 Å². The highest BCUT2D eigenvalue weighted by Crippen LogP contribution is 2.44. The van der Waals surface area contributed by atoms with Gasteiger partial charge in [-0.05, 0) is 18.8 Å². The van der Waals surface area contributed by atoms with E-state index in [-0.39, 0.29) is 0 Å². The molecule has 0 spiro atoms. The number of aliphatic hydroxyl groups is 1. The molecule has 1 aliphatic heterocycles. The highest BCUT2D eigenvalue weighted by molar-refractivity contribution is 6.36. The van der Waals surface area contributed by atoms with Crippen molar-refractivity contribution < 1.29 is 5.11 Å². The van der Waals surface area contributed by atoms with Gasteiger partial charge in [-0.3, -0.25) is 4.90 Å². The van der Waals surface area contributed by atoms with Gasteiger partial charge in [0, 0.05) is 30.2 Å². The van der Waals surface area contributed by atoms with Gasteiger partial charge in [0.1, 0.15) is 0 Å². The minimum absolute atomic E-state index is 0.413. The minimum atomic E-state index is -0.413. The van der Waals surface area contributed by atoms with E-state index < -0.39 is 5.60 Å². The van der Waals surface area contributed by atoms with Crippen molar-refractivity contribution in [2.24, 2.45) is 5.92 Å². The second kappa shape index (κ2) is 3.43. The van der Waals surface area contributed by atoms with Crippen LogP contribution < -0.4 is 0 Å². The summed E-state index contributed by atoms with van der Waals surface area (Å²) in [6.07, 6.45) is 2.37. The van der Waals surface area contributed by atoms with Crippen LogP contribution in [0, 0.1) is 5.92 Å². The van der Waals surface area contributed by atoms with E-state index in [2.05, 4.69) is 4.90 Å². The molecule has 1 N–H and O–H groups in total. The van der Waals surface area contributed by atoms with E-state index in [0.717, 1.165) is 13.1 Å². The molecular formula is C9H13Cl2NO. The van der Waals surface area contributed by atoms with Gasteiger partial charge in [0.05, 0.1) is 5.60 Å². The molecule has 0 aromatic heterocycles. The van der Waals surface area contributed by atoms with Crippen LogP contribution in [-0.4, -0.2) is 35.2 Å². The number of hydrogen-bond donors (Lipinski definition) is 1. The first kappa shape index (κ1) is 9.78. The Kier molecular flexibility index (Phi) is 2.58. The molecule has 74 valence electrons. The predicted molar refractivity (Wildman–Crippen MR) is 53.9 cm³/mol. The summed E-state index contributed by atoms with van der Waals surface area (Å²) in [5.74, 6) is 0.544. The molecule has 1 saturated heterocycles. The topological polar surface area (TPSA) is 23.5 Å². The number of hydrogen-bond acceptors (Lipinski definition) is 2. The van der Waals surface area contributed by atoms with E-state index in [4.69, 9.17) is 23.2 Å². The van der Waals surface area contributed by atoms with E-state index in [1.165, 1.54) is 18.4 Å². The normalized spacial score (nSPS) is 28.7. The summed E-state index contributed by atoms with van der Waals surface area (Å²) in [6.45, 7) is 2.16. The maximum absolute atomic E-state index is 9.97. The van der Waals surface area contributed by atoms with E-state index in [1.807, 2.05) is 0 Å². The molecule has 2 rings (SSSR count). The van der Waals surface area contributed by atoms with E-state index >= 15 is 0 Å². The van der Waals surface area contributed by atoms with Crippen molar-refractivity contribution in [3.63, 3.8) is 0 Å². The lowest BCUT2D eigenvalue weighted by Gasteiger charge is -2.47. The smallest absolute Gasteiger partial charge is 0.0928 e. The molecule has 0 aromatic carbocycles. The third kappa shape index (κ3) is 2.01. The Morgan fingerprint density at radius 1 is 1.54 bits per heavy atom. The second-order valence-electron chi connectivity index (χ2n) is 4.08. The summed E-state index contributed by atoms with van der Waals surface area (Å²) >= 11 is 11.2. The third-order valence-electron chi connectivity index (χ3n) is 2.83. The summed E-state index contributed by atoms with van der Waals surface area (Å²) in [4.78, 5) is 2.11. The highest BCUT2D eigenvalue weighted by Gasteiger charge is 2.51. The Morgan fingerprint density at radius 3 is 2.62 bits per heavy atom. The molecule has 0 bridgehead atoms. The summed E-state index contributed by atoms with van der Waals surface area (Å²) < 4.78 is 0. The molecule has 13 heavy (non-hydrogen) atoms. The Labute approximate surface area is 88.1 Å². The van der Waals surface area contributed by atoms with E-state index in [0.29, 0.717) is 17.5 Å². The van der Waals surface area contributed by atoms with Gasteiger partial charge in [0.15, 0.2) is 0 Å². The zero-order valence-corrected chi connectivity index (χ0v) is 8.85. The fourth-order valence-corrected chi connectivity index (χ4v) is 2.20. The fraction of sp³-hybridized carbons (Fsp3) is 0.778. The van der Waals surface area contributed by atoms with Crippen LogP contribution in [-0.2, 0) is 0 Å². The van der Waals surface area contributed by atoms with Crippen LogP contribution in [0.1, 0.15) is 12.8 Å². The zero-order valence-electron chi connectivity index (χ0n) is 7.34. The van der Waals surface area contributed by atoms with Crippen molar-refractivity contribution in [2.75, 3.05) is 19.6 Å². The van der Waals surface area contributed by atoms with Crippen LogP contribution >= 0.6 is 23.2 Å². The van der Waals surface area contributed by atoms with Gasteiger partial charge < -0.3 is 5.11 Å². The van der Waals surface area contributed by atoms with Crippen LogP contribution in [0.2, 0.25) is 0 Å². The minimum Gasteiger partial charge on any atom is -0.387 e. The average molecular weight is 222 g/mol. The maximum Gasteiger partial charge on any atom is 0.0928 e. The molecule has 2 nitrogen and oxygen atoms in total. The van der Waals surface area contributed by atoms with Crippen molar-refractivity contribution in [3.8, 4) is 0 Å². The second-order valence-corrected chi connectivity index (χ2v) is 4.78. The fourth-order valence-electron chi connectivity index (χ4n) is 1.97. The highest BCUT2D eigenvalue weighted by atomic mass is 35.5. The quantitative estimate of drug-likeness (QED) is 0.786. The standard InChI is InChI=1S/C9H13Cl2NO/c10-3-8(11)4-12-5-9(13,6-12)7-1-2-7/h3,7,13H,1-2,4-6H2. The summed E-state index contributed by atoms with van der Waals surface area (Å²) in [6, 6.07) is 0. The zero-order chi connectivity index (χ0) is 9.47. The summed E-state index contributed by atoms with van der Waals surface area (Å²) in [7, 11) is 0. The Bertz CT molecular complexity index is 232. The molecule has 0 amide bonds. The maximum atomic E-state index is 9.97. The van der Waals surface area contributed by atoms with Crippen LogP contribution in [0.15, 0.2) is 10.6 Å². The summed E-state index contributed by atoms with van der Waals surface area (Å²) in [5.41, 5.74) is 0.972. The van der Waals surface area contributed by atoms with Gasteiger partial charge >= 0.3 is 0 Å². The molecule has 1 saturated carbocycles. The molecule has 1 aliphatic carbocycles. The lowest BCUT2D eigenvalue weighted by atomic mass is 9.89. The first-order valence-electron chi connectivity index (χ1n) is 4.53. The van der Waals surface area contributed by atoms with Gasteiger partial charge in [-0.1, -0.05) is 23.2 Å². The Morgan fingerprint density at radius 2 is 2.15 bits per heavy atom. The molecule has 0 atom stereocenters. The van der Waals surface area contributed by atoms with Crippen LogP contribution in [0.5, 0.6) is 0 Å². The van der Waals surface area contributed by atoms with Crippen LogP contribution in [0.25, 0.3) is 0 Å². The third-order valence-corrected chi connectivity index (χ3v) is 3.43. The molecule has 2 fully saturated rings. The molecule has 4 heteroatoms. The number of likely N-dealkylation sites (tertiary alicyclic amines) is 1. The van der Waals surface area contributed by atoms with Gasteiger partial charge in [0.2, 0.25) is 0 Å². The number of rotatable bonds is 3. The molecule has 0 aromatic rings. The number of halogens is 2. The van der Waals surface area contributed by atoms with Crippen molar-refractivity contribution in [3.05, 3.63) is 10.6 Å². The monoisotopic (exact) mass is 221 g/mol. The van der Waals surface area contributed by atoms with Crippen LogP contribution in [0.4, 0.5) is 0 Å². The van der Waals surface area contributed by atoms with E-state index in [1.54, 1.807) is 0 Å². The summed E-state index contributed by atoms with van der Waals surface area (Å²) in [5, 5.41) is 10.6.